The SMILES string of the molecule is CC(C)(C)c1cccc(-n2c3ccccc3c3cc(N(c4ccccc4)c4ccc5oc6c(ccc7c6ccc6c8cc(N(c9ccccc9)c9ccc%10c(c9)c9ccccc9n%10-c9cccc(C(C)(C)C)c9)ccc8oc67)c5c4)ccc32)c1. The number of para-hydroxylation sites is 4. The molecular formula is C78H60N4O2. The van der Waals surface area contributed by atoms with Gasteiger partial charge >= 0.3 is 0 Å². The smallest absolute Gasteiger partial charge is 0.143 e. The Kier molecular flexibility index (Phi) is 11.0. The van der Waals surface area contributed by atoms with E-state index in [9.17, 15) is 0 Å². The predicted molar refractivity (Wildman–Crippen MR) is 354 cm³/mol. The van der Waals surface area contributed by atoms with Gasteiger partial charge in [-0.05, 0) is 180 Å². The second-order valence-corrected chi connectivity index (χ2v) is 24.6. The van der Waals surface area contributed by atoms with Crippen LogP contribution in [0, 0.1) is 0 Å². The van der Waals surface area contributed by atoms with Crippen molar-refractivity contribution in [1.29, 1.82) is 0 Å². The summed E-state index contributed by atoms with van der Waals surface area (Å²) in [7, 11) is 0. The summed E-state index contributed by atoms with van der Waals surface area (Å²) in [6, 6.07) is 92.7. The summed E-state index contributed by atoms with van der Waals surface area (Å²) < 4.78 is 18.6. The lowest BCUT2D eigenvalue weighted by molar-refractivity contribution is 0.589. The fourth-order valence-corrected chi connectivity index (χ4v) is 13.2. The Labute approximate surface area is 487 Å². The lowest BCUT2D eigenvalue weighted by Gasteiger charge is -2.25. The van der Waals surface area contributed by atoms with Crippen LogP contribution >= 0.6 is 0 Å². The van der Waals surface area contributed by atoms with E-state index < -0.39 is 0 Å². The zero-order valence-corrected chi connectivity index (χ0v) is 47.9. The Morgan fingerprint density at radius 3 is 1.01 bits per heavy atom. The van der Waals surface area contributed by atoms with Gasteiger partial charge in [0, 0.05) is 99.4 Å². The highest BCUT2D eigenvalue weighted by Crippen LogP contribution is 2.47. The molecule has 0 radical (unpaired) electrons. The van der Waals surface area contributed by atoms with Crippen LogP contribution in [0.2, 0.25) is 0 Å². The molecule has 0 unspecified atom stereocenters. The first-order valence-corrected chi connectivity index (χ1v) is 29.1. The average Bonchev–Trinajstić information content (AvgIpc) is 2.45. The van der Waals surface area contributed by atoms with Crippen LogP contribution in [0.3, 0.4) is 0 Å². The highest BCUT2D eigenvalue weighted by atomic mass is 16.3. The average molecular weight is 1090 g/mol. The van der Waals surface area contributed by atoms with Crippen LogP contribution in [0.4, 0.5) is 34.1 Å². The molecule has 0 atom stereocenters. The van der Waals surface area contributed by atoms with Gasteiger partial charge in [0.1, 0.15) is 22.3 Å². The van der Waals surface area contributed by atoms with Crippen LogP contribution in [-0.2, 0) is 10.8 Å². The number of anilines is 6. The molecule has 0 bridgehead atoms. The first-order valence-electron chi connectivity index (χ1n) is 29.1. The minimum absolute atomic E-state index is 0.0249. The molecule has 0 saturated carbocycles. The van der Waals surface area contributed by atoms with Crippen LogP contribution in [-0.4, -0.2) is 9.13 Å². The van der Waals surface area contributed by atoms with Crippen LogP contribution in [0.1, 0.15) is 52.7 Å². The molecular weight excluding hydrogens is 1020 g/mol. The van der Waals surface area contributed by atoms with Crippen molar-refractivity contribution in [3.8, 4) is 11.4 Å². The van der Waals surface area contributed by atoms with Crippen LogP contribution in [0.15, 0.2) is 264 Å². The first kappa shape index (κ1) is 49.5. The van der Waals surface area contributed by atoms with E-state index in [1.54, 1.807) is 0 Å². The molecule has 0 spiro atoms. The molecule has 16 aromatic rings. The van der Waals surface area contributed by atoms with Crippen LogP contribution < -0.4 is 9.80 Å². The molecule has 6 heteroatoms. The molecule has 0 fully saturated rings. The van der Waals surface area contributed by atoms with E-state index in [4.69, 9.17) is 8.83 Å². The predicted octanol–water partition coefficient (Wildman–Crippen LogP) is 22.4. The van der Waals surface area contributed by atoms with E-state index in [1.165, 1.54) is 54.7 Å². The van der Waals surface area contributed by atoms with Gasteiger partial charge in [-0.25, -0.2) is 0 Å². The summed E-state index contributed by atoms with van der Waals surface area (Å²) in [5, 5.41) is 11.1. The van der Waals surface area contributed by atoms with Crippen molar-refractivity contribution in [3.05, 3.63) is 266 Å². The fraction of sp³-hybridized carbons (Fsp3) is 0.103. The number of aromatic nitrogens is 2. The quantitative estimate of drug-likeness (QED) is 0.152. The molecule has 0 saturated heterocycles. The van der Waals surface area contributed by atoms with E-state index in [0.717, 1.165) is 100 Å². The minimum Gasteiger partial charge on any atom is -0.455 e. The molecule has 0 aliphatic rings. The zero-order valence-electron chi connectivity index (χ0n) is 47.9. The molecule has 0 aliphatic heterocycles. The monoisotopic (exact) mass is 1080 g/mol. The standard InChI is InChI=1S/C78H60N4O2/c1-77(2,3)49-19-17-25-53(43-49)81-69-29-15-13-27-59(69)65-45-55(31-39-71(65)81)79(51-21-9-7-10-22-51)57-33-41-73-67(47-57)63-37-35-62-61(75(63)83-73)36-38-64-68-48-58(34-42-74(68)84-76(62)64)80(52-23-11-8-12-24-52)56-32-40-72-66(46-56)60-28-14-16-30-70(60)82(72)54-26-18-20-50(44-54)78(4,5)6/h7-48H,1-6H3. The van der Waals surface area contributed by atoms with Crippen molar-refractivity contribution in [1.82, 2.24) is 9.13 Å². The van der Waals surface area contributed by atoms with Crippen molar-refractivity contribution in [2.45, 2.75) is 52.4 Å². The summed E-state index contributed by atoms with van der Waals surface area (Å²) in [6.45, 7) is 13.7. The Hall–Kier alpha value is -10.3. The molecule has 0 amide bonds. The second-order valence-electron chi connectivity index (χ2n) is 24.6. The molecule has 12 aromatic carbocycles. The van der Waals surface area contributed by atoms with E-state index in [-0.39, 0.29) is 10.8 Å². The Morgan fingerprint density at radius 2 is 0.607 bits per heavy atom. The maximum Gasteiger partial charge on any atom is 0.143 e. The normalized spacial score (nSPS) is 12.4. The number of hydrogen-bond donors (Lipinski definition) is 0. The minimum atomic E-state index is 0.0249. The van der Waals surface area contributed by atoms with Gasteiger partial charge in [0.25, 0.3) is 0 Å². The fourth-order valence-electron chi connectivity index (χ4n) is 13.2. The van der Waals surface area contributed by atoms with Crippen LogP contribution in [0.5, 0.6) is 0 Å². The Balaban J connectivity index is 0.794. The van der Waals surface area contributed by atoms with Crippen molar-refractivity contribution < 1.29 is 8.83 Å². The van der Waals surface area contributed by atoms with Gasteiger partial charge in [-0.15, -0.1) is 0 Å². The molecule has 4 heterocycles. The van der Waals surface area contributed by atoms with Crippen molar-refractivity contribution in [2.24, 2.45) is 0 Å². The summed E-state index contributed by atoms with van der Waals surface area (Å²) in [5.74, 6) is 0. The van der Waals surface area contributed by atoms with Gasteiger partial charge < -0.3 is 27.8 Å². The number of hydrogen-bond acceptors (Lipinski definition) is 4. The van der Waals surface area contributed by atoms with Gasteiger partial charge in [-0.1, -0.05) is 139 Å². The number of fused-ring (bicyclic) bond motifs is 15. The second kappa shape index (κ2) is 18.6. The van der Waals surface area contributed by atoms with Crippen molar-refractivity contribution in [2.75, 3.05) is 9.80 Å². The van der Waals surface area contributed by atoms with Gasteiger partial charge in [0.15, 0.2) is 0 Å². The molecule has 4 aromatic heterocycles. The summed E-state index contributed by atoms with van der Waals surface area (Å²) >= 11 is 0. The number of nitrogens with zero attached hydrogens (tertiary/aromatic N) is 4. The molecule has 16 rings (SSSR count). The van der Waals surface area contributed by atoms with E-state index >= 15 is 0 Å². The maximum absolute atomic E-state index is 6.89. The van der Waals surface area contributed by atoms with Crippen LogP contribution in [0.25, 0.3) is 110 Å². The summed E-state index contributed by atoms with van der Waals surface area (Å²) in [4.78, 5) is 4.72. The largest absolute Gasteiger partial charge is 0.455 e. The Bertz CT molecular complexity index is 4960. The highest BCUT2D eigenvalue weighted by molar-refractivity contribution is 6.23. The number of furan rings is 2. The third-order valence-electron chi connectivity index (χ3n) is 17.3. The van der Waals surface area contributed by atoms with Gasteiger partial charge in [0.05, 0.1) is 22.1 Å². The molecule has 0 N–H and O–H groups in total. The highest BCUT2D eigenvalue weighted by Gasteiger charge is 2.24. The number of benzene rings is 12. The lowest BCUT2D eigenvalue weighted by Crippen LogP contribution is -2.11. The van der Waals surface area contributed by atoms with E-state index in [1.807, 2.05) is 0 Å². The summed E-state index contributed by atoms with van der Waals surface area (Å²) in [6.07, 6.45) is 0. The van der Waals surface area contributed by atoms with E-state index in [0.29, 0.717) is 0 Å². The molecule has 84 heavy (non-hydrogen) atoms. The van der Waals surface area contributed by atoms with Crippen molar-refractivity contribution >= 4 is 132 Å². The number of rotatable bonds is 8. The third-order valence-corrected chi connectivity index (χ3v) is 17.3. The Morgan fingerprint density at radius 1 is 0.262 bits per heavy atom. The topological polar surface area (TPSA) is 42.6 Å². The maximum atomic E-state index is 6.89. The van der Waals surface area contributed by atoms with Gasteiger partial charge in [0.2, 0.25) is 0 Å². The third kappa shape index (κ3) is 7.85. The molecule has 6 nitrogen and oxygen atoms in total. The summed E-state index contributed by atoms with van der Waals surface area (Å²) in [5.41, 5.74) is 19.4. The van der Waals surface area contributed by atoms with Crippen molar-refractivity contribution in [3.63, 3.8) is 0 Å². The molecule has 0 aliphatic carbocycles. The lowest BCUT2D eigenvalue weighted by atomic mass is 9.87. The zero-order chi connectivity index (χ0) is 56.6. The van der Waals surface area contributed by atoms with E-state index in [2.05, 4.69) is 315 Å². The van der Waals surface area contributed by atoms with Gasteiger partial charge in [-0.3, -0.25) is 0 Å². The van der Waals surface area contributed by atoms with Gasteiger partial charge in [-0.2, -0.15) is 0 Å². The molecule has 404 valence electrons. The first-order chi connectivity index (χ1) is 40.9.